The average molecular weight is 318 g/mol. The van der Waals surface area contributed by atoms with E-state index < -0.39 is 0 Å². The second-order valence-electron chi connectivity index (χ2n) is 6.85. The van der Waals surface area contributed by atoms with E-state index in [1.165, 1.54) is 27.4 Å². The molecule has 21 heavy (non-hydrogen) atoms. The first kappa shape index (κ1) is 15.0. The van der Waals surface area contributed by atoms with Crippen molar-refractivity contribution in [3.63, 3.8) is 0 Å². The first-order valence-corrected chi connectivity index (χ1v) is 9.30. The van der Waals surface area contributed by atoms with Gasteiger partial charge in [-0.05, 0) is 46.5 Å². The third-order valence-electron chi connectivity index (χ3n) is 4.00. The second kappa shape index (κ2) is 5.69. The van der Waals surface area contributed by atoms with Crippen LogP contribution in [0.5, 0.6) is 0 Å². The maximum atomic E-state index is 3.73. The molecule has 0 spiro atoms. The highest BCUT2D eigenvalue weighted by molar-refractivity contribution is 8.01. The molecule has 1 aromatic heterocycles. The van der Waals surface area contributed by atoms with Gasteiger partial charge in [0, 0.05) is 10.9 Å². The minimum Gasteiger partial charge on any atom is -0.378 e. The normalized spacial score (nSPS) is 21.9. The SMILES string of the molecule is C[C@H]1CC(Nc2ccc(C(C)(C)C)cc2)c2ccsc2S1. The molecule has 0 aliphatic carbocycles. The summed E-state index contributed by atoms with van der Waals surface area (Å²) in [6.45, 7) is 9.10. The fraction of sp³-hybridized carbons (Fsp3) is 0.444. The summed E-state index contributed by atoms with van der Waals surface area (Å²) in [6.07, 6.45) is 1.19. The van der Waals surface area contributed by atoms with Gasteiger partial charge in [0.25, 0.3) is 0 Å². The first-order chi connectivity index (χ1) is 9.93. The zero-order valence-electron chi connectivity index (χ0n) is 13.1. The number of thiophene rings is 1. The van der Waals surface area contributed by atoms with E-state index in [1.807, 2.05) is 23.1 Å². The molecule has 2 heterocycles. The zero-order chi connectivity index (χ0) is 15.0. The van der Waals surface area contributed by atoms with E-state index in [0.717, 1.165) is 0 Å². The van der Waals surface area contributed by atoms with Crippen LogP contribution in [0.2, 0.25) is 0 Å². The van der Waals surface area contributed by atoms with Gasteiger partial charge in [0.2, 0.25) is 0 Å². The Morgan fingerprint density at radius 3 is 2.48 bits per heavy atom. The highest BCUT2D eigenvalue weighted by Crippen LogP contribution is 2.44. The molecular weight excluding hydrogens is 294 g/mol. The highest BCUT2D eigenvalue weighted by Gasteiger charge is 2.26. The average Bonchev–Trinajstić information content (AvgIpc) is 2.86. The summed E-state index contributed by atoms with van der Waals surface area (Å²) in [6, 6.07) is 11.7. The number of fused-ring (bicyclic) bond motifs is 1. The van der Waals surface area contributed by atoms with Crippen molar-refractivity contribution < 1.29 is 0 Å². The lowest BCUT2D eigenvalue weighted by Crippen LogP contribution is -2.19. The molecule has 1 aromatic carbocycles. The molecule has 0 fully saturated rings. The van der Waals surface area contributed by atoms with Gasteiger partial charge in [-0.25, -0.2) is 0 Å². The van der Waals surface area contributed by atoms with Crippen molar-refractivity contribution in [1.82, 2.24) is 0 Å². The van der Waals surface area contributed by atoms with Crippen molar-refractivity contribution in [1.29, 1.82) is 0 Å². The number of nitrogens with one attached hydrogen (secondary N) is 1. The third-order valence-corrected chi connectivity index (χ3v) is 6.35. The van der Waals surface area contributed by atoms with Crippen LogP contribution in [0.1, 0.15) is 51.3 Å². The van der Waals surface area contributed by atoms with Crippen molar-refractivity contribution >= 4 is 28.8 Å². The van der Waals surface area contributed by atoms with Crippen molar-refractivity contribution in [2.45, 2.75) is 55.0 Å². The van der Waals surface area contributed by atoms with E-state index in [-0.39, 0.29) is 5.41 Å². The maximum absolute atomic E-state index is 3.73. The molecule has 0 saturated heterocycles. The van der Waals surface area contributed by atoms with Crippen LogP contribution in [0, 0.1) is 0 Å². The van der Waals surface area contributed by atoms with Gasteiger partial charge in [-0.2, -0.15) is 0 Å². The number of rotatable bonds is 2. The van der Waals surface area contributed by atoms with E-state index in [9.17, 15) is 0 Å². The van der Waals surface area contributed by atoms with E-state index in [0.29, 0.717) is 11.3 Å². The monoisotopic (exact) mass is 317 g/mol. The zero-order valence-corrected chi connectivity index (χ0v) is 14.8. The number of hydrogen-bond donors (Lipinski definition) is 1. The number of anilines is 1. The Kier molecular flexibility index (Phi) is 4.06. The molecule has 0 amide bonds. The van der Waals surface area contributed by atoms with Gasteiger partial charge in [0.05, 0.1) is 10.3 Å². The lowest BCUT2D eigenvalue weighted by molar-refractivity contribution is 0.590. The molecule has 1 unspecified atom stereocenters. The standard InChI is InChI=1S/C18H23NS2/c1-12-11-16(15-9-10-20-17(15)21-12)19-14-7-5-13(6-8-14)18(2,3)4/h5-10,12,16,19H,11H2,1-4H3/t12-,16?/m0/s1. The number of benzene rings is 1. The summed E-state index contributed by atoms with van der Waals surface area (Å²) in [4.78, 5) is 0. The molecule has 0 radical (unpaired) electrons. The predicted octanol–water partition coefficient (Wildman–Crippen LogP) is 6.08. The van der Waals surface area contributed by atoms with E-state index in [2.05, 4.69) is 68.7 Å². The van der Waals surface area contributed by atoms with Crippen LogP contribution in [-0.2, 0) is 5.41 Å². The van der Waals surface area contributed by atoms with Gasteiger partial charge < -0.3 is 5.32 Å². The van der Waals surface area contributed by atoms with E-state index in [4.69, 9.17) is 0 Å². The number of thioether (sulfide) groups is 1. The van der Waals surface area contributed by atoms with Gasteiger partial charge in [0.15, 0.2) is 0 Å². The van der Waals surface area contributed by atoms with Crippen molar-refractivity contribution in [2.75, 3.05) is 5.32 Å². The van der Waals surface area contributed by atoms with E-state index >= 15 is 0 Å². The smallest absolute Gasteiger partial charge is 0.0653 e. The van der Waals surface area contributed by atoms with Crippen molar-refractivity contribution in [3.05, 3.63) is 46.8 Å². The van der Waals surface area contributed by atoms with Gasteiger partial charge in [-0.15, -0.1) is 23.1 Å². The lowest BCUT2D eigenvalue weighted by Gasteiger charge is -2.28. The van der Waals surface area contributed by atoms with Gasteiger partial charge in [-0.3, -0.25) is 0 Å². The summed E-state index contributed by atoms with van der Waals surface area (Å²) in [5, 5.41) is 6.62. The van der Waals surface area contributed by atoms with Crippen LogP contribution in [-0.4, -0.2) is 5.25 Å². The Balaban J connectivity index is 1.79. The Bertz CT molecular complexity index is 607. The topological polar surface area (TPSA) is 12.0 Å². The third kappa shape index (κ3) is 3.29. The summed E-state index contributed by atoms with van der Waals surface area (Å²) in [5.41, 5.74) is 4.30. The van der Waals surface area contributed by atoms with Crippen LogP contribution in [0.4, 0.5) is 5.69 Å². The molecular formula is C18H23NS2. The van der Waals surface area contributed by atoms with Gasteiger partial charge >= 0.3 is 0 Å². The molecule has 1 aliphatic heterocycles. The predicted molar refractivity (Wildman–Crippen MR) is 95.8 cm³/mol. The summed E-state index contributed by atoms with van der Waals surface area (Å²) in [5.74, 6) is 0. The maximum Gasteiger partial charge on any atom is 0.0653 e. The van der Waals surface area contributed by atoms with Gasteiger partial charge in [-0.1, -0.05) is 39.8 Å². The molecule has 0 saturated carbocycles. The summed E-state index contributed by atoms with van der Waals surface area (Å²) in [7, 11) is 0. The Morgan fingerprint density at radius 2 is 1.81 bits per heavy atom. The van der Waals surface area contributed by atoms with Crippen molar-refractivity contribution in [3.8, 4) is 0 Å². The Labute approximate surface area is 136 Å². The minimum atomic E-state index is 0.217. The van der Waals surface area contributed by atoms with Crippen LogP contribution >= 0.6 is 23.1 Å². The van der Waals surface area contributed by atoms with Gasteiger partial charge in [0.1, 0.15) is 0 Å². The number of hydrogen-bond acceptors (Lipinski definition) is 3. The molecule has 3 heteroatoms. The largest absolute Gasteiger partial charge is 0.378 e. The van der Waals surface area contributed by atoms with E-state index in [1.54, 1.807) is 0 Å². The quantitative estimate of drug-likeness (QED) is 0.720. The molecule has 1 aliphatic rings. The molecule has 3 rings (SSSR count). The first-order valence-electron chi connectivity index (χ1n) is 7.54. The fourth-order valence-electron chi connectivity index (χ4n) is 2.75. The molecule has 2 aromatic rings. The van der Waals surface area contributed by atoms with Crippen LogP contribution in [0.15, 0.2) is 39.9 Å². The molecule has 1 nitrogen and oxygen atoms in total. The molecule has 1 N–H and O–H groups in total. The molecule has 0 bridgehead atoms. The van der Waals surface area contributed by atoms with Crippen molar-refractivity contribution in [2.24, 2.45) is 0 Å². The Hall–Kier alpha value is -0.930. The minimum absolute atomic E-state index is 0.217. The Morgan fingerprint density at radius 1 is 1.10 bits per heavy atom. The van der Waals surface area contributed by atoms with Crippen LogP contribution in [0.25, 0.3) is 0 Å². The second-order valence-corrected chi connectivity index (χ2v) is 9.48. The fourth-order valence-corrected chi connectivity index (χ4v) is 5.32. The summed E-state index contributed by atoms with van der Waals surface area (Å²) < 4.78 is 1.48. The van der Waals surface area contributed by atoms with Crippen LogP contribution in [0.3, 0.4) is 0 Å². The summed E-state index contributed by atoms with van der Waals surface area (Å²) >= 11 is 3.89. The van der Waals surface area contributed by atoms with Crippen LogP contribution < -0.4 is 5.32 Å². The molecule has 2 atom stereocenters. The highest BCUT2D eigenvalue weighted by atomic mass is 32.2. The molecule has 112 valence electrons. The lowest BCUT2D eigenvalue weighted by atomic mass is 9.87.